The zero-order valence-corrected chi connectivity index (χ0v) is 16.5. The van der Waals surface area contributed by atoms with Gasteiger partial charge in [0, 0.05) is 21.3 Å². The quantitative estimate of drug-likeness (QED) is 0.543. The maximum absolute atomic E-state index is 6.18. The molecule has 5 atom stereocenters. The molecule has 0 aromatic carbocycles. The van der Waals surface area contributed by atoms with Gasteiger partial charge in [-0.2, -0.15) is 0 Å². The number of hydrogen-bond donors (Lipinski definition) is 0. The minimum atomic E-state index is -2.31. The van der Waals surface area contributed by atoms with Crippen LogP contribution >= 0.6 is 0 Å². The Morgan fingerprint density at radius 3 is 2.52 bits per heavy atom. The van der Waals surface area contributed by atoms with Gasteiger partial charge in [0.05, 0.1) is 11.7 Å². The maximum atomic E-state index is 6.18. The second kappa shape index (κ2) is 6.41. The first kappa shape index (κ1) is 17.9. The highest BCUT2D eigenvalue weighted by Crippen LogP contribution is 2.52. The Morgan fingerprint density at radius 1 is 1.17 bits per heavy atom. The van der Waals surface area contributed by atoms with Crippen LogP contribution in [-0.2, 0) is 18.3 Å². The Morgan fingerprint density at radius 2 is 1.91 bits per heavy atom. The smallest absolute Gasteiger partial charge is 0.370 e. The third-order valence-corrected chi connectivity index (χ3v) is 11.5. The second-order valence-corrected chi connectivity index (χ2v) is 11.9. The van der Waals surface area contributed by atoms with Crippen molar-refractivity contribution in [3.8, 4) is 0 Å². The topological polar surface area (TPSA) is 40.2 Å². The van der Waals surface area contributed by atoms with E-state index in [1.807, 2.05) is 21.3 Å². The molecule has 3 rings (SSSR count). The second-order valence-electron chi connectivity index (χ2n) is 8.20. The average Bonchev–Trinajstić information content (AvgIpc) is 3.25. The fourth-order valence-corrected chi connectivity index (χ4v) is 9.31. The molecule has 5 unspecified atom stereocenters. The molecule has 1 aliphatic carbocycles. The van der Waals surface area contributed by atoms with Gasteiger partial charge in [0.1, 0.15) is 5.22 Å². The SMILES string of the molecule is COC1(CC(C)C2CCC3(C)OC3C2)CCCC[Si]1(OC)OC. The summed E-state index contributed by atoms with van der Waals surface area (Å²) in [5, 5.41) is -0.195. The Bertz CT molecular complexity index is 427. The molecule has 2 heterocycles. The Kier molecular flexibility index (Phi) is 4.98. The molecule has 23 heavy (non-hydrogen) atoms. The molecule has 0 N–H and O–H groups in total. The largest absolute Gasteiger partial charge is 0.396 e. The lowest BCUT2D eigenvalue weighted by Gasteiger charge is -2.49. The van der Waals surface area contributed by atoms with Gasteiger partial charge >= 0.3 is 8.56 Å². The summed E-state index contributed by atoms with van der Waals surface area (Å²) in [7, 11) is 3.20. The van der Waals surface area contributed by atoms with Gasteiger partial charge in [-0.15, -0.1) is 0 Å². The number of hydrogen-bond acceptors (Lipinski definition) is 4. The molecule has 0 spiro atoms. The van der Waals surface area contributed by atoms with Crippen LogP contribution < -0.4 is 0 Å². The van der Waals surface area contributed by atoms with Gasteiger partial charge in [-0.3, -0.25) is 0 Å². The van der Waals surface area contributed by atoms with E-state index in [9.17, 15) is 0 Å². The van der Waals surface area contributed by atoms with Gasteiger partial charge in [-0.25, -0.2) is 0 Å². The molecule has 1 saturated carbocycles. The van der Waals surface area contributed by atoms with Crippen LogP contribution in [0.5, 0.6) is 0 Å². The summed E-state index contributed by atoms with van der Waals surface area (Å²) < 4.78 is 24.1. The summed E-state index contributed by atoms with van der Waals surface area (Å²) in [6, 6.07) is 1.05. The van der Waals surface area contributed by atoms with Crippen molar-refractivity contribution in [2.75, 3.05) is 21.3 Å². The average molecular weight is 343 g/mol. The molecule has 0 aromatic heterocycles. The molecular weight excluding hydrogens is 308 g/mol. The molecule has 3 aliphatic rings. The van der Waals surface area contributed by atoms with Crippen molar-refractivity contribution in [1.82, 2.24) is 0 Å². The van der Waals surface area contributed by atoms with E-state index < -0.39 is 8.56 Å². The molecule has 2 saturated heterocycles. The minimum absolute atomic E-state index is 0.195. The van der Waals surface area contributed by atoms with Crippen molar-refractivity contribution in [1.29, 1.82) is 0 Å². The zero-order chi connectivity index (χ0) is 16.7. The summed E-state index contributed by atoms with van der Waals surface area (Å²) >= 11 is 0. The van der Waals surface area contributed by atoms with Crippen LogP contribution in [-0.4, -0.2) is 46.8 Å². The number of rotatable bonds is 6. The molecule has 0 radical (unpaired) electrons. The van der Waals surface area contributed by atoms with E-state index in [2.05, 4.69) is 13.8 Å². The van der Waals surface area contributed by atoms with Crippen molar-refractivity contribution in [3.05, 3.63) is 0 Å². The number of fused-ring (bicyclic) bond motifs is 1. The Hall–Kier alpha value is 0.0569. The number of ether oxygens (including phenoxy) is 2. The highest BCUT2D eigenvalue weighted by Gasteiger charge is 2.61. The first-order chi connectivity index (χ1) is 10.9. The van der Waals surface area contributed by atoms with E-state index in [1.165, 1.54) is 32.1 Å². The molecule has 4 nitrogen and oxygen atoms in total. The highest BCUT2D eigenvalue weighted by atomic mass is 28.4. The lowest BCUT2D eigenvalue weighted by Crippen LogP contribution is -2.65. The minimum Gasteiger partial charge on any atom is -0.396 e. The van der Waals surface area contributed by atoms with Gasteiger partial charge in [0.2, 0.25) is 0 Å². The van der Waals surface area contributed by atoms with E-state index in [4.69, 9.17) is 18.3 Å². The van der Waals surface area contributed by atoms with Crippen LogP contribution in [0.25, 0.3) is 0 Å². The van der Waals surface area contributed by atoms with Gasteiger partial charge in [0.15, 0.2) is 0 Å². The third kappa shape index (κ3) is 2.93. The summed E-state index contributed by atoms with van der Waals surface area (Å²) in [6.07, 6.45) is 8.76. The van der Waals surface area contributed by atoms with Crippen LogP contribution in [0.1, 0.15) is 58.8 Å². The first-order valence-corrected chi connectivity index (χ1v) is 11.3. The van der Waals surface area contributed by atoms with Crippen LogP contribution in [0.2, 0.25) is 6.04 Å². The Labute approximate surface area is 142 Å². The fourth-order valence-electron chi connectivity index (χ4n) is 5.32. The van der Waals surface area contributed by atoms with E-state index in [0.717, 1.165) is 24.8 Å². The number of methoxy groups -OCH3 is 1. The van der Waals surface area contributed by atoms with Gasteiger partial charge in [-0.05, 0) is 56.9 Å². The van der Waals surface area contributed by atoms with Crippen molar-refractivity contribution in [2.24, 2.45) is 11.8 Å². The zero-order valence-electron chi connectivity index (χ0n) is 15.5. The van der Waals surface area contributed by atoms with Gasteiger partial charge in [0.25, 0.3) is 0 Å². The predicted molar refractivity (Wildman–Crippen MR) is 92.6 cm³/mol. The van der Waals surface area contributed by atoms with Gasteiger partial charge < -0.3 is 18.3 Å². The summed E-state index contributed by atoms with van der Waals surface area (Å²) in [5.74, 6) is 1.36. The van der Waals surface area contributed by atoms with E-state index in [0.29, 0.717) is 12.0 Å². The predicted octanol–water partition coefficient (Wildman–Crippen LogP) is 3.81. The van der Waals surface area contributed by atoms with Crippen LogP contribution in [0.4, 0.5) is 0 Å². The van der Waals surface area contributed by atoms with Gasteiger partial charge in [-0.1, -0.05) is 19.8 Å². The summed E-state index contributed by atoms with van der Waals surface area (Å²) in [6.45, 7) is 4.67. The van der Waals surface area contributed by atoms with E-state index in [1.54, 1.807) is 0 Å². The van der Waals surface area contributed by atoms with Crippen LogP contribution in [0.3, 0.4) is 0 Å². The van der Waals surface area contributed by atoms with Crippen molar-refractivity contribution >= 4 is 8.56 Å². The van der Waals surface area contributed by atoms with Crippen molar-refractivity contribution < 1.29 is 18.3 Å². The molecule has 0 bridgehead atoms. The fraction of sp³-hybridized carbons (Fsp3) is 1.00. The van der Waals surface area contributed by atoms with E-state index >= 15 is 0 Å². The van der Waals surface area contributed by atoms with Crippen LogP contribution in [0, 0.1) is 11.8 Å². The van der Waals surface area contributed by atoms with Crippen molar-refractivity contribution in [3.63, 3.8) is 0 Å². The first-order valence-electron chi connectivity index (χ1n) is 9.27. The molecule has 134 valence electrons. The monoisotopic (exact) mass is 342 g/mol. The molecule has 2 aliphatic heterocycles. The molecule has 0 amide bonds. The molecule has 3 fully saturated rings. The highest BCUT2D eigenvalue weighted by molar-refractivity contribution is 6.70. The normalized spacial score (nSPS) is 43.7. The third-order valence-electron chi connectivity index (χ3n) is 7.10. The molecule has 0 aromatic rings. The molecule has 5 heteroatoms. The van der Waals surface area contributed by atoms with E-state index in [-0.39, 0.29) is 10.8 Å². The summed E-state index contributed by atoms with van der Waals surface area (Å²) in [5.41, 5.74) is 0.206. The van der Waals surface area contributed by atoms with Crippen LogP contribution in [0.15, 0.2) is 0 Å². The lowest BCUT2D eigenvalue weighted by atomic mass is 9.75. The molecular formula is C18H34O4Si. The maximum Gasteiger partial charge on any atom is 0.370 e. The van der Waals surface area contributed by atoms with Crippen molar-refractivity contribution in [2.45, 2.75) is 81.8 Å². The number of epoxide rings is 1. The Balaban J connectivity index is 1.72. The summed E-state index contributed by atoms with van der Waals surface area (Å²) in [4.78, 5) is 0. The standard InChI is InChI=1S/C18H34O4Si/c1-14(15-8-10-17(2)16(12-15)22-17)13-18(19-3)9-6-7-11-23(18,20-4)21-5/h14-16H,6-13H2,1-5H3. The lowest BCUT2D eigenvalue weighted by molar-refractivity contribution is -0.0301.